The minimum Gasteiger partial charge on any atom is -0.399 e. The Bertz CT molecular complexity index is 1460. The molecular weight excluding hydrogens is 418 g/mol. The van der Waals surface area contributed by atoms with Crippen molar-refractivity contribution in [3.8, 4) is 22.6 Å². The van der Waals surface area contributed by atoms with Crippen molar-refractivity contribution >= 4 is 40.0 Å². The molecule has 2 aromatic carbocycles. The van der Waals surface area contributed by atoms with E-state index in [2.05, 4.69) is 19.9 Å². The Morgan fingerprint density at radius 3 is 2.84 bits per heavy atom. The predicted molar refractivity (Wildman–Crippen MR) is 129 cm³/mol. The van der Waals surface area contributed by atoms with Crippen LogP contribution in [0.4, 0.5) is 17.3 Å². The van der Waals surface area contributed by atoms with Gasteiger partial charge >= 0.3 is 0 Å². The lowest BCUT2D eigenvalue weighted by molar-refractivity contribution is 0.724. The molecule has 4 heterocycles. The van der Waals surface area contributed by atoms with Crippen LogP contribution in [0.3, 0.4) is 0 Å². The second-order valence-corrected chi connectivity index (χ2v) is 8.58. The Kier molecular flexibility index (Phi) is 4.50. The molecule has 1 aliphatic heterocycles. The smallest absolute Gasteiger partial charge is 0.227 e. The quantitative estimate of drug-likeness (QED) is 0.383. The first-order valence-corrected chi connectivity index (χ1v) is 11.3. The Balaban J connectivity index is 1.41. The van der Waals surface area contributed by atoms with Crippen molar-refractivity contribution in [2.45, 2.75) is 11.7 Å². The van der Waals surface area contributed by atoms with E-state index in [0.29, 0.717) is 11.6 Å². The molecule has 0 unspecified atom stereocenters. The first-order valence-electron chi connectivity index (χ1n) is 10.3. The number of hydrogen-bond acceptors (Lipinski definition) is 7. The first-order chi connectivity index (χ1) is 15.7. The van der Waals surface area contributed by atoms with Crippen LogP contribution in [0, 0.1) is 0 Å². The summed E-state index contributed by atoms with van der Waals surface area (Å²) in [5.41, 5.74) is 12.2. The summed E-state index contributed by atoms with van der Waals surface area (Å²) in [6.07, 6.45) is 3.56. The molecule has 8 heteroatoms. The highest BCUT2D eigenvalue weighted by Crippen LogP contribution is 2.38. The van der Waals surface area contributed by atoms with Crippen molar-refractivity contribution in [1.29, 1.82) is 0 Å². The Morgan fingerprint density at radius 2 is 1.91 bits per heavy atom. The lowest BCUT2D eigenvalue weighted by Gasteiger charge is -2.10. The molecule has 0 saturated carbocycles. The summed E-state index contributed by atoms with van der Waals surface area (Å²) in [5.74, 6) is 1.53. The fraction of sp³-hybridized carbons (Fsp3) is 0.0833. The average molecular weight is 438 g/mol. The van der Waals surface area contributed by atoms with E-state index < -0.39 is 0 Å². The number of imidazole rings is 1. The molecule has 0 spiro atoms. The van der Waals surface area contributed by atoms with Crippen LogP contribution in [0.1, 0.15) is 0 Å². The zero-order valence-corrected chi connectivity index (χ0v) is 17.9. The van der Waals surface area contributed by atoms with Crippen LogP contribution in [-0.2, 0) is 6.54 Å². The molecule has 0 fully saturated rings. The fourth-order valence-corrected chi connectivity index (χ4v) is 4.90. The lowest BCUT2D eigenvalue weighted by atomic mass is 10.1. The third-order valence-electron chi connectivity index (χ3n) is 5.40. The van der Waals surface area contributed by atoms with Gasteiger partial charge in [-0.3, -0.25) is 4.98 Å². The Labute approximate surface area is 188 Å². The summed E-state index contributed by atoms with van der Waals surface area (Å²) in [7, 11) is 0. The molecule has 5 aromatic rings. The minimum absolute atomic E-state index is 0.525. The van der Waals surface area contributed by atoms with Crippen LogP contribution in [0.15, 0.2) is 78.2 Å². The van der Waals surface area contributed by atoms with E-state index in [-0.39, 0.29) is 0 Å². The number of benzene rings is 2. The molecule has 7 nitrogen and oxygen atoms in total. The van der Waals surface area contributed by atoms with Gasteiger partial charge in [0.05, 0.1) is 22.6 Å². The molecule has 1 aliphatic rings. The molecule has 0 atom stereocenters. The molecule has 0 aliphatic carbocycles. The third-order valence-corrected chi connectivity index (χ3v) is 6.36. The van der Waals surface area contributed by atoms with E-state index in [1.165, 1.54) is 0 Å². The summed E-state index contributed by atoms with van der Waals surface area (Å²) in [6.45, 7) is 0.897. The monoisotopic (exact) mass is 437 g/mol. The van der Waals surface area contributed by atoms with Crippen LogP contribution >= 0.6 is 11.8 Å². The first kappa shape index (κ1) is 18.8. The number of aromatic nitrogens is 5. The van der Waals surface area contributed by atoms with Gasteiger partial charge in [-0.05, 0) is 36.4 Å². The number of nitrogen functional groups attached to an aromatic ring is 1. The van der Waals surface area contributed by atoms with Gasteiger partial charge in [0.1, 0.15) is 0 Å². The molecule has 3 aromatic heterocycles. The summed E-state index contributed by atoms with van der Waals surface area (Å²) >= 11 is 1.76. The summed E-state index contributed by atoms with van der Waals surface area (Å²) in [6, 6.07) is 19.8. The van der Waals surface area contributed by atoms with Gasteiger partial charge in [0.2, 0.25) is 5.95 Å². The highest BCUT2D eigenvalue weighted by Gasteiger charge is 2.25. The molecule has 0 saturated heterocycles. The van der Waals surface area contributed by atoms with Crippen molar-refractivity contribution in [3.63, 3.8) is 0 Å². The van der Waals surface area contributed by atoms with Crippen molar-refractivity contribution in [3.05, 3.63) is 73.1 Å². The van der Waals surface area contributed by atoms with Crippen LogP contribution in [0.25, 0.3) is 33.5 Å². The van der Waals surface area contributed by atoms with E-state index in [4.69, 9.17) is 15.7 Å². The Morgan fingerprint density at radius 1 is 0.938 bits per heavy atom. The van der Waals surface area contributed by atoms with E-state index in [1.807, 2.05) is 60.7 Å². The Hall–Kier alpha value is -3.91. The highest BCUT2D eigenvalue weighted by atomic mass is 32.2. The summed E-state index contributed by atoms with van der Waals surface area (Å²) < 4.78 is 2.23. The number of nitrogens with zero attached hydrogens (tertiary/aromatic N) is 5. The number of thioether (sulfide) groups is 1. The van der Waals surface area contributed by atoms with Crippen LogP contribution in [-0.4, -0.2) is 30.3 Å². The van der Waals surface area contributed by atoms with Gasteiger partial charge in [-0.1, -0.05) is 36.0 Å². The van der Waals surface area contributed by atoms with Gasteiger partial charge in [0.15, 0.2) is 5.16 Å². The molecule has 6 rings (SSSR count). The molecule has 3 N–H and O–H groups in total. The van der Waals surface area contributed by atoms with Crippen molar-refractivity contribution in [2.24, 2.45) is 0 Å². The number of fused-ring (bicyclic) bond motifs is 2. The number of hydrogen-bond donors (Lipinski definition) is 2. The zero-order chi connectivity index (χ0) is 21.5. The average Bonchev–Trinajstić information content (AvgIpc) is 3.41. The van der Waals surface area contributed by atoms with E-state index in [1.54, 1.807) is 24.2 Å². The maximum absolute atomic E-state index is 6.05. The molecule has 0 bridgehead atoms. The normalized spacial score (nSPS) is 12.8. The standard InChI is InChI=1S/C24H19N7S/c25-17-5-1-3-16(13-17)21-22(31-11-12-32-24(31)30-21)19-8-10-27-23(29-19)28-18-7-6-15-4-2-9-26-20(15)14-18/h1-10,13-14H,11-12,25H2,(H,27,28,29). The van der Waals surface area contributed by atoms with E-state index in [0.717, 1.165) is 56.7 Å². The molecule has 0 radical (unpaired) electrons. The second-order valence-electron chi connectivity index (χ2n) is 7.52. The SMILES string of the molecule is Nc1cccc(-c2nc3n(c2-c2ccnc(Nc4ccc5cccnc5c4)n2)CCS3)c1. The molecule has 32 heavy (non-hydrogen) atoms. The van der Waals surface area contributed by atoms with Gasteiger partial charge in [0, 0.05) is 47.0 Å². The molecule has 156 valence electrons. The second kappa shape index (κ2) is 7.65. The van der Waals surface area contributed by atoms with Gasteiger partial charge in [0.25, 0.3) is 0 Å². The fourth-order valence-electron chi connectivity index (χ4n) is 3.95. The van der Waals surface area contributed by atoms with E-state index in [9.17, 15) is 0 Å². The summed E-state index contributed by atoms with van der Waals surface area (Å²) in [4.78, 5) is 18.6. The lowest BCUT2D eigenvalue weighted by Crippen LogP contribution is -2.02. The number of rotatable bonds is 4. The topological polar surface area (TPSA) is 94.5 Å². The number of nitrogens with one attached hydrogen (secondary N) is 1. The maximum atomic E-state index is 6.05. The van der Waals surface area contributed by atoms with Crippen LogP contribution in [0.2, 0.25) is 0 Å². The maximum Gasteiger partial charge on any atom is 0.227 e. The molecule has 0 amide bonds. The van der Waals surface area contributed by atoms with E-state index >= 15 is 0 Å². The number of pyridine rings is 1. The highest BCUT2D eigenvalue weighted by molar-refractivity contribution is 7.99. The van der Waals surface area contributed by atoms with Gasteiger partial charge < -0.3 is 15.6 Å². The molecular formula is C24H19N7S. The van der Waals surface area contributed by atoms with Gasteiger partial charge in [-0.2, -0.15) is 0 Å². The van der Waals surface area contributed by atoms with Crippen molar-refractivity contribution in [2.75, 3.05) is 16.8 Å². The van der Waals surface area contributed by atoms with Gasteiger partial charge in [-0.25, -0.2) is 15.0 Å². The van der Waals surface area contributed by atoms with Crippen LogP contribution in [0.5, 0.6) is 0 Å². The van der Waals surface area contributed by atoms with Gasteiger partial charge in [-0.15, -0.1) is 0 Å². The third kappa shape index (κ3) is 3.34. The van der Waals surface area contributed by atoms with Crippen molar-refractivity contribution < 1.29 is 0 Å². The number of nitrogens with two attached hydrogens (primary N) is 1. The predicted octanol–water partition coefficient (Wildman–Crippen LogP) is 4.99. The van der Waals surface area contributed by atoms with Crippen LogP contribution < -0.4 is 11.1 Å². The van der Waals surface area contributed by atoms with Crippen molar-refractivity contribution in [1.82, 2.24) is 24.5 Å². The zero-order valence-electron chi connectivity index (χ0n) is 17.1. The largest absolute Gasteiger partial charge is 0.399 e. The summed E-state index contributed by atoms with van der Waals surface area (Å²) in [5, 5.41) is 5.41. The number of anilines is 3. The minimum atomic E-state index is 0.525.